The van der Waals surface area contributed by atoms with Gasteiger partial charge in [-0.3, -0.25) is 9.59 Å². The minimum Gasteiger partial charge on any atom is -0.465 e. The Morgan fingerprint density at radius 3 is 2.52 bits per heavy atom. The van der Waals surface area contributed by atoms with Gasteiger partial charge in [-0.25, -0.2) is 4.79 Å². The lowest BCUT2D eigenvalue weighted by Gasteiger charge is -2.38. The molecular formula is C15H23NO5. The first-order valence-electron chi connectivity index (χ1n) is 7.45. The predicted molar refractivity (Wildman–Crippen MR) is 74.6 cm³/mol. The molecule has 1 amide bonds. The van der Waals surface area contributed by atoms with Gasteiger partial charge >= 0.3 is 12.1 Å². The van der Waals surface area contributed by atoms with Gasteiger partial charge in [0.25, 0.3) is 0 Å². The van der Waals surface area contributed by atoms with E-state index in [-0.39, 0.29) is 24.9 Å². The summed E-state index contributed by atoms with van der Waals surface area (Å²) in [6.45, 7) is 7.32. The monoisotopic (exact) mass is 297 g/mol. The standard InChI is InChI=1S/C15H23NO5/c1-5-20-13(18)12-10-7-6-9(8-11(12)17)16(10)14(19)21-15(2,3)4/h9-10,12H,5-8H2,1-4H3/t9-,10+,12?/m0/s1. The van der Waals surface area contributed by atoms with Crippen molar-refractivity contribution in [1.82, 2.24) is 4.90 Å². The molecule has 0 spiro atoms. The van der Waals surface area contributed by atoms with Crippen LogP contribution >= 0.6 is 0 Å². The number of nitrogens with zero attached hydrogens (tertiary/aromatic N) is 1. The molecule has 0 radical (unpaired) electrons. The Morgan fingerprint density at radius 2 is 1.95 bits per heavy atom. The molecule has 1 unspecified atom stereocenters. The van der Waals surface area contributed by atoms with Crippen LogP contribution in [0.3, 0.4) is 0 Å². The third-order valence-electron chi connectivity index (χ3n) is 3.86. The zero-order valence-corrected chi connectivity index (χ0v) is 13.0. The summed E-state index contributed by atoms with van der Waals surface area (Å²) in [4.78, 5) is 38.1. The van der Waals surface area contributed by atoms with Crippen molar-refractivity contribution in [1.29, 1.82) is 0 Å². The summed E-state index contributed by atoms with van der Waals surface area (Å²) < 4.78 is 10.4. The minimum atomic E-state index is -0.865. The molecular weight excluding hydrogens is 274 g/mol. The fourth-order valence-electron chi connectivity index (χ4n) is 3.13. The zero-order chi connectivity index (χ0) is 15.8. The Kier molecular flexibility index (Phi) is 4.25. The summed E-state index contributed by atoms with van der Waals surface area (Å²) in [5.74, 6) is -1.52. The van der Waals surface area contributed by atoms with Gasteiger partial charge in [-0.15, -0.1) is 0 Å². The second-order valence-electron chi connectivity index (χ2n) is 6.59. The van der Waals surface area contributed by atoms with Crippen molar-refractivity contribution in [2.75, 3.05) is 6.61 Å². The van der Waals surface area contributed by atoms with E-state index < -0.39 is 29.6 Å². The molecule has 2 rings (SSSR count). The SMILES string of the molecule is CCOC(=O)C1C(=O)C[C@@H]2CC[C@H]1N2C(=O)OC(C)(C)C. The number of rotatable bonds is 2. The molecule has 2 bridgehead atoms. The fourth-order valence-corrected chi connectivity index (χ4v) is 3.13. The van der Waals surface area contributed by atoms with Gasteiger partial charge in [-0.1, -0.05) is 0 Å². The van der Waals surface area contributed by atoms with Crippen LogP contribution in [-0.4, -0.2) is 47.0 Å². The van der Waals surface area contributed by atoms with Gasteiger partial charge in [-0.2, -0.15) is 0 Å². The third-order valence-corrected chi connectivity index (χ3v) is 3.86. The van der Waals surface area contributed by atoms with Crippen molar-refractivity contribution in [3.05, 3.63) is 0 Å². The smallest absolute Gasteiger partial charge is 0.410 e. The number of hydrogen-bond acceptors (Lipinski definition) is 5. The first-order valence-corrected chi connectivity index (χ1v) is 7.45. The molecule has 2 aliphatic rings. The van der Waals surface area contributed by atoms with E-state index in [1.807, 2.05) is 0 Å². The minimum absolute atomic E-state index is 0.124. The molecule has 2 saturated heterocycles. The van der Waals surface area contributed by atoms with Crippen molar-refractivity contribution < 1.29 is 23.9 Å². The highest BCUT2D eigenvalue weighted by molar-refractivity contribution is 6.01. The number of esters is 1. The average molecular weight is 297 g/mol. The maximum absolute atomic E-state index is 12.3. The topological polar surface area (TPSA) is 72.9 Å². The molecule has 0 saturated carbocycles. The first kappa shape index (κ1) is 15.8. The van der Waals surface area contributed by atoms with E-state index in [1.54, 1.807) is 32.6 Å². The summed E-state index contributed by atoms with van der Waals surface area (Å²) in [6, 6.07) is -0.576. The van der Waals surface area contributed by atoms with Gasteiger partial charge in [-0.05, 0) is 40.5 Å². The van der Waals surface area contributed by atoms with E-state index in [4.69, 9.17) is 9.47 Å². The number of Topliss-reactive ketones (excluding diaryl/α,β-unsaturated/α-hetero) is 1. The molecule has 6 heteroatoms. The molecule has 0 aromatic rings. The van der Waals surface area contributed by atoms with Gasteiger partial charge < -0.3 is 14.4 Å². The maximum atomic E-state index is 12.3. The van der Waals surface area contributed by atoms with Gasteiger partial charge in [0.15, 0.2) is 5.78 Å². The summed E-state index contributed by atoms with van der Waals surface area (Å²) in [6.07, 6.45) is 1.13. The van der Waals surface area contributed by atoms with Crippen LogP contribution in [0.4, 0.5) is 4.79 Å². The number of ether oxygens (including phenoxy) is 2. The van der Waals surface area contributed by atoms with E-state index in [2.05, 4.69) is 0 Å². The number of carbonyl (C=O) groups is 3. The zero-order valence-electron chi connectivity index (χ0n) is 13.0. The highest BCUT2D eigenvalue weighted by Crippen LogP contribution is 2.38. The maximum Gasteiger partial charge on any atom is 0.410 e. The molecule has 6 nitrogen and oxygen atoms in total. The largest absolute Gasteiger partial charge is 0.465 e. The molecule has 118 valence electrons. The highest BCUT2D eigenvalue weighted by atomic mass is 16.6. The van der Waals surface area contributed by atoms with Crippen molar-refractivity contribution in [2.45, 2.75) is 64.6 Å². The number of ketones is 1. The Hall–Kier alpha value is -1.59. The first-order chi connectivity index (χ1) is 9.74. The van der Waals surface area contributed by atoms with Crippen molar-refractivity contribution >= 4 is 17.8 Å². The van der Waals surface area contributed by atoms with Gasteiger partial charge in [0.05, 0.1) is 12.6 Å². The van der Waals surface area contributed by atoms with E-state index in [0.29, 0.717) is 6.42 Å². The van der Waals surface area contributed by atoms with Crippen LogP contribution in [0.15, 0.2) is 0 Å². The molecule has 0 aromatic carbocycles. The van der Waals surface area contributed by atoms with E-state index in [9.17, 15) is 14.4 Å². The lowest BCUT2D eigenvalue weighted by molar-refractivity contribution is -0.156. The predicted octanol–water partition coefficient (Wildman–Crippen LogP) is 1.91. The van der Waals surface area contributed by atoms with Crippen LogP contribution < -0.4 is 0 Å². The molecule has 0 aliphatic carbocycles. The van der Waals surface area contributed by atoms with Gasteiger partial charge in [0, 0.05) is 12.5 Å². The number of fused-ring (bicyclic) bond motifs is 2. The summed E-state index contributed by atoms with van der Waals surface area (Å²) in [7, 11) is 0. The molecule has 0 N–H and O–H groups in total. The Morgan fingerprint density at radius 1 is 1.29 bits per heavy atom. The number of hydrogen-bond donors (Lipinski definition) is 0. The van der Waals surface area contributed by atoms with Crippen LogP contribution in [0.5, 0.6) is 0 Å². The number of piperidine rings is 1. The van der Waals surface area contributed by atoms with E-state index >= 15 is 0 Å². The van der Waals surface area contributed by atoms with Crippen molar-refractivity contribution in [3.63, 3.8) is 0 Å². The van der Waals surface area contributed by atoms with Gasteiger partial charge in [0.1, 0.15) is 11.5 Å². The average Bonchev–Trinajstić information content (AvgIpc) is 2.63. The second-order valence-corrected chi connectivity index (χ2v) is 6.59. The third kappa shape index (κ3) is 3.19. The summed E-state index contributed by atoms with van der Waals surface area (Å²) in [5.41, 5.74) is -0.600. The van der Waals surface area contributed by atoms with Crippen molar-refractivity contribution in [3.8, 4) is 0 Å². The normalized spacial score (nSPS) is 28.5. The Bertz CT molecular complexity index is 453. The summed E-state index contributed by atoms with van der Waals surface area (Å²) >= 11 is 0. The molecule has 2 aliphatic heterocycles. The molecule has 0 aromatic heterocycles. The van der Waals surface area contributed by atoms with E-state index in [1.165, 1.54) is 0 Å². The van der Waals surface area contributed by atoms with Crippen LogP contribution in [0.1, 0.15) is 47.0 Å². The lowest BCUT2D eigenvalue weighted by Crippen LogP contribution is -2.55. The number of carbonyl (C=O) groups excluding carboxylic acids is 3. The quantitative estimate of drug-likeness (QED) is 0.575. The van der Waals surface area contributed by atoms with Gasteiger partial charge in [0.2, 0.25) is 0 Å². The highest BCUT2D eigenvalue weighted by Gasteiger charge is 2.53. The summed E-state index contributed by atoms with van der Waals surface area (Å²) in [5, 5.41) is 0. The number of amides is 1. The van der Waals surface area contributed by atoms with Crippen LogP contribution in [0.25, 0.3) is 0 Å². The van der Waals surface area contributed by atoms with Crippen LogP contribution in [-0.2, 0) is 19.1 Å². The Labute approximate surface area is 124 Å². The van der Waals surface area contributed by atoms with Crippen LogP contribution in [0, 0.1) is 5.92 Å². The van der Waals surface area contributed by atoms with Crippen molar-refractivity contribution in [2.24, 2.45) is 5.92 Å². The molecule has 2 fully saturated rings. The molecule has 21 heavy (non-hydrogen) atoms. The Balaban J connectivity index is 2.19. The molecule has 2 heterocycles. The second kappa shape index (κ2) is 5.66. The lowest BCUT2D eigenvalue weighted by atomic mass is 9.89. The van der Waals surface area contributed by atoms with E-state index in [0.717, 1.165) is 6.42 Å². The van der Waals surface area contributed by atoms with Crippen LogP contribution in [0.2, 0.25) is 0 Å². The molecule has 3 atom stereocenters. The fraction of sp³-hybridized carbons (Fsp3) is 0.800.